The Labute approximate surface area is 142 Å². The maximum absolute atomic E-state index is 12.4. The van der Waals surface area contributed by atoms with Crippen molar-refractivity contribution in [3.63, 3.8) is 0 Å². The van der Waals surface area contributed by atoms with Crippen molar-refractivity contribution in [2.75, 3.05) is 5.32 Å². The van der Waals surface area contributed by atoms with Crippen LogP contribution in [0.2, 0.25) is 0 Å². The highest BCUT2D eigenvalue weighted by molar-refractivity contribution is 6.03. The van der Waals surface area contributed by atoms with Crippen LogP contribution in [-0.4, -0.2) is 15.7 Å². The lowest BCUT2D eigenvalue weighted by Crippen LogP contribution is -2.16. The first-order chi connectivity index (χ1) is 11.6. The number of anilines is 1. The van der Waals surface area contributed by atoms with Crippen LogP contribution in [0, 0.1) is 0 Å². The van der Waals surface area contributed by atoms with E-state index in [4.69, 9.17) is 0 Å². The van der Waals surface area contributed by atoms with Crippen LogP contribution in [0.5, 0.6) is 0 Å². The number of amides is 1. The molecule has 2 aromatic carbocycles. The molecule has 0 spiro atoms. The van der Waals surface area contributed by atoms with E-state index < -0.39 is 0 Å². The molecular weight excluding hydrogens is 298 g/mol. The fourth-order valence-corrected chi connectivity index (χ4v) is 2.53. The van der Waals surface area contributed by atoms with E-state index in [1.54, 1.807) is 10.9 Å². The van der Waals surface area contributed by atoms with Crippen molar-refractivity contribution < 1.29 is 4.79 Å². The van der Waals surface area contributed by atoms with Crippen LogP contribution in [0.3, 0.4) is 0 Å². The zero-order chi connectivity index (χ0) is 16.9. The van der Waals surface area contributed by atoms with Gasteiger partial charge in [-0.05, 0) is 29.2 Å². The third kappa shape index (κ3) is 3.71. The van der Waals surface area contributed by atoms with Gasteiger partial charge in [-0.2, -0.15) is 5.10 Å². The molecule has 0 saturated carbocycles. The Bertz CT molecular complexity index is 804. The standard InChI is InChI=1S/C20H21N3O/c1-15(2)17-8-10-18(11-9-17)20(24)22-19-12-13-21-23(19)14-16-6-4-3-5-7-16/h3-13,15H,14H2,1-2H3,(H,22,24). The summed E-state index contributed by atoms with van der Waals surface area (Å²) in [4.78, 5) is 12.4. The number of hydrogen-bond acceptors (Lipinski definition) is 2. The molecule has 1 aromatic heterocycles. The smallest absolute Gasteiger partial charge is 0.256 e. The summed E-state index contributed by atoms with van der Waals surface area (Å²) in [5, 5.41) is 7.23. The van der Waals surface area contributed by atoms with E-state index in [1.165, 1.54) is 5.56 Å². The van der Waals surface area contributed by atoms with Gasteiger partial charge in [0.2, 0.25) is 0 Å². The molecule has 3 aromatic rings. The predicted octanol–water partition coefficient (Wildman–Crippen LogP) is 4.31. The highest BCUT2D eigenvalue weighted by Crippen LogP contribution is 2.16. The number of nitrogens with one attached hydrogen (secondary N) is 1. The molecule has 0 atom stereocenters. The maximum Gasteiger partial charge on any atom is 0.256 e. The van der Waals surface area contributed by atoms with E-state index in [-0.39, 0.29) is 5.91 Å². The van der Waals surface area contributed by atoms with Crippen LogP contribution in [0.1, 0.15) is 41.3 Å². The first-order valence-corrected chi connectivity index (χ1v) is 8.10. The first-order valence-electron chi connectivity index (χ1n) is 8.10. The molecule has 1 N–H and O–H groups in total. The molecular formula is C20H21N3O. The van der Waals surface area contributed by atoms with Crippen molar-refractivity contribution in [2.45, 2.75) is 26.3 Å². The van der Waals surface area contributed by atoms with E-state index in [0.29, 0.717) is 23.8 Å². The Balaban J connectivity index is 1.72. The molecule has 0 aliphatic carbocycles. The molecule has 4 nitrogen and oxygen atoms in total. The molecule has 122 valence electrons. The summed E-state index contributed by atoms with van der Waals surface area (Å²) in [7, 11) is 0. The van der Waals surface area contributed by atoms with E-state index in [0.717, 1.165) is 5.56 Å². The molecule has 1 heterocycles. The SMILES string of the molecule is CC(C)c1ccc(C(=O)Nc2ccnn2Cc2ccccc2)cc1. The van der Waals surface area contributed by atoms with Crippen LogP contribution < -0.4 is 5.32 Å². The number of nitrogens with zero attached hydrogens (tertiary/aromatic N) is 2. The Morgan fingerprint density at radius 3 is 2.42 bits per heavy atom. The lowest BCUT2D eigenvalue weighted by molar-refractivity contribution is 0.102. The van der Waals surface area contributed by atoms with Crippen molar-refractivity contribution in [3.8, 4) is 0 Å². The van der Waals surface area contributed by atoms with Gasteiger partial charge in [-0.25, -0.2) is 4.68 Å². The molecule has 24 heavy (non-hydrogen) atoms. The molecule has 1 amide bonds. The number of rotatable bonds is 5. The van der Waals surface area contributed by atoms with Gasteiger partial charge in [0.25, 0.3) is 5.91 Å². The summed E-state index contributed by atoms with van der Waals surface area (Å²) in [6.07, 6.45) is 1.69. The third-order valence-electron chi connectivity index (χ3n) is 3.97. The van der Waals surface area contributed by atoms with Crippen molar-refractivity contribution in [3.05, 3.63) is 83.6 Å². The van der Waals surface area contributed by atoms with Gasteiger partial charge in [0, 0.05) is 11.6 Å². The van der Waals surface area contributed by atoms with Crippen LogP contribution >= 0.6 is 0 Å². The predicted molar refractivity (Wildman–Crippen MR) is 96.3 cm³/mol. The minimum Gasteiger partial charge on any atom is -0.307 e. The lowest BCUT2D eigenvalue weighted by Gasteiger charge is -2.10. The molecule has 0 aliphatic heterocycles. The van der Waals surface area contributed by atoms with Crippen molar-refractivity contribution in [1.82, 2.24) is 9.78 Å². The monoisotopic (exact) mass is 319 g/mol. The molecule has 0 bridgehead atoms. The van der Waals surface area contributed by atoms with Gasteiger partial charge in [-0.15, -0.1) is 0 Å². The minimum atomic E-state index is -0.125. The van der Waals surface area contributed by atoms with Crippen LogP contribution in [0.25, 0.3) is 0 Å². The summed E-state index contributed by atoms with van der Waals surface area (Å²) >= 11 is 0. The summed E-state index contributed by atoms with van der Waals surface area (Å²) < 4.78 is 1.79. The molecule has 0 saturated heterocycles. The number of aromatic nitrogens is 2. The summed E-state index contributed by atoms with van der Waals surface area (Å²) in [5.41, 5.74) is 3.01. The first kappa shape index (κ1) is 16.0. The number of hydrogen-bond donors (Lipinski definition) is 1. The van der Waals surface area contributed by atoms with E-state index in [2.05, 4.69) is 24.3 Å². The molecule has 0 aliphatic rings. The van der Waals surface area contributed by atoms with E-state index in [9.17, 15) is 4.79 Å². The largest absolute Gasteiger partial charge is 0.307 e. The number of benzene rings is 2. The third-order valence-corrected chi connectivity index (χ3v) is 3.97. The zero-order valence-corrected chi connectivity index (χ0v) is 13.9. The molecule has 0 fully saturated rings. The lowest BCUT2D eigenvalue weighted by atomic mass is 10.0. The Hall–Kier alpha value is -2.88. The van der Waals surface area contributed by atoms with Crippen molar-refractivity contribution >= 4 is 11.7 Å². The molecule has 4 heteroatoms. The summed E-state index contributed by atoms with van der Waals surface area (Å²) in [5.74, 6) is 1.02. The maximum atomic E-state index is 12.4. The topological polar surface area (TPSA) is 46.9 Å². The fourth-order valence-electron chi connectivity index (χ4n) is 2.53. The Morgan fingerprint density at radius 2 is 1.75 bits per heavy atom. The van der Waals surface area contributed by atoms with Gasteiger partial charge in [0.15, 0.2) is 0 Å². The molecule has 0 unspecified atom stereocenters. The average molecular weight is 319 g/mol. The van der Waals surface area contributed by atoms with Crippen molar-refractivity contribution in [1.29, 1.82) is 0 Å². The van der Waals surface area contributed by atoms with Gasteiger partial charge in [-0.3, -0.25) is 4.79 Å². The van der Waals surface area contributed by atoms with Gasteiger partial charge >= 0.3 is 0 Å². The highest BCUT2D eigenvalue weighted by Gasteiger charge is 2.10. The fraction of sp³-hybridized carbons (Fsp3) is 0.200. The quantitative estimate of drug-likeness (QED) is 0.762. The van der Waals surface area contributed by atoms with Crippen LogP contribution in [0.15, 0.2) is 66.9 Å². The Morgan fingerprint density at radius 1 is 1.04 bits per heavy atom. The second kappa shape index (κ2) is 7.13. The van der Waals surface area contributed by atoms with Crippen LogP contribution in [-0.2, 0) is 6.54 Å². The second-order valence-corrected chi connectivity index (χ2v) is 6.09. The van der Waals surface area contributed by atoms with E-state index >= 15 is 0 Å². The van der Waals surface area contributed by atoms with Gasteiger partial charge in [0.1, 0.15) is 5.82 Å². The zero-order valence-electron chi connectivity index (χ0n) is 13.9. The number of carbonyl (C=O) groups excluding carboxylic acids is 1. The second-order valence-electron chi connectivity index (χ2n) is 6.09. The van der Waals surface area contributed by atoms with Gasteiger partial charge in [0.05, 0.1) is 12.7 Å². The van der Waals surface area contributed by atoms with Gasteiger partial charge < -0.3 is 5.32 Å². The normalized spacial score (nSPS) is 10.8. The highest BCUT2D eigenvalue weighted by atomic mass is 16.1. The van der Waals surface area contributed by atoms with Gasteiger partial charge in [-0.1, -0.05) is 56.3 Å². The average Bonchev–Trinajstić information content (AvgIpc) is 3.02. The summed E-state index contributed by atoms with van der Waals surface area (Å²) in [6, 6.07) is 19.6. The van der Waals surface area contributed by atoms with Crippen LogP contribution in [0.4, 0.5) is 5.82 Å². The van der Waals surface area contributed by atoms with Crippen molar-refractivity contribution in [2.24, 2.45) is 0 Å². The Kier molecular flexibility index (Phi) is 4.75. The molecule has 3 rings (SSSR count). The summed E-state index contributed by atoms with van der Waals surface area (Å²) in [6.45, 7) is 4.89. The minimum absolute atomic E-state index is 0.125. The molecule has 0 radical (unpaired) electrons. The number of carbonyl (C=O) groups is 1. The van der Waals surface area contributed by atoms with E-state index in [1.807, 2.05) is 60.7 Å².